The molecule has 0 aliphatic rings. The van der Waals surface area contributed by atoms with Crippen molar-refractivity contribution in [3.63, 3.8) is 0 Å². The zero-order valence-electron chi connectivity index (χ0n) is 12.0. The number of rotatable bonds is 8. The number of allylic oxidation sites excluding steroid dienone is 1. The number of carbonyl (C=O) groups excluding carboxylic acids is 1. The predicted octanol–water partition coefficient (Wildman–Crippen LogP) is 2.10. The van der Waals surface area contributed by atoms with Crippen LogP contribution in [0.3, 0.4) is 0 Å². The minimum atomic E-state index is -3.42. The Morgan fingerprint density at radius 1 is 1.32 bits per heavy atom. The maximum atomic E-state index is 12.2. The van der Waals surface area contributed by atoms with Gasteiger partial charge in [-0.05, 0) is 6.04 Å². The van der Waals surface area contributed by atoms with E-state index in [9.17, 15) is 14.5 Å². The third-order valence-electron chi connectivity index (χ3n) is 2.38. The molecule has 0 aromatic heterocycles. The second-order valence-corrected chi connectivity index (χ2v) is 13.2. The van der Waals surface area contributed by atoms with Crippen LogP contribution in [0.4, 0.5) is 4.79 Å². The predicted molar refractivity (Wildman–Crippen MR) is 74.1 cm³/mol. The lowest BCUT2D eigenvalue weighted by Crippen LogP contribution is -2.28. The van der Waals surface area contributed by atoms with Gasteiger partial charge in [0.05, 0.1) is 5.66 Å². The Hall–Kier alpha value is -0.623. The molecule has 0 fully saturated rings. The lowest BCUT2D eigenvalue weighted by molar-refractivity contribution is -0.282. The molecule has 0 amide bonds. The van der Waals surface area contributed by atoms with Crippen molar-refractivity contribution >= 4 is 21.8 Å². The highest BCUT2D eigenvalue weighted by atomic mass is 31.2. The normalized spacial score (nSPS) is 14.6. The average molecular weight is 309 g/mol. The van der Waals surface area contributed by atoms with E-state index in [0.29, 0.717) is 0 Å². The minimum Gasteiger partial charge on any atom is -0.548 e. The van der Waals surface area contributed by atoms with E-state index in [1.54, 1.807) is 6.08 Å². The third-order valence-corrected chi connectivity index (χ3v) is 5.99. The summed E-state index contributed by atoms with van der Waals surface area (Å²) < 4.78 is 26.3. The molecule has 0 aromatic carbocycles. The number of hydrogen-bond acceptors (Lipinski definition) is 6. The molecule has 0 N–H and O–H groups in total. The summed E-state index contributed by atoms with van der Waals surface area (Å²) in [4.78, 5) is 10.3. The van der Waals surface area contributed by atoms with Crippen molar-refractivity contribution in [3.8, 4) is 0 Å². The van der Waals surface area contributed by atoms with Crippen molar-refractivity contribution in [1.82, 2.24) is 0 Å². The van der Waals surface area contributed by atoms with Crippen LogP contribution >= 0.6 is 7.60 Å². The highest BCUT2D eigenvalue weighted by Gasteiger charge is 2.31. The second-order valence-electron chi connectivity index (χ2n) is 5.23. The maximum absolute atomic E-state index is 12.2. The van der Waals surface area contributed by atoms with Gasteiger partial charge in [0, 0.05) is 28.9 Å². The molecule has 0 saturated heterocycles. The Bertz CT molecular complexity index is 355. The van der Waals surface area contributed by atoms with Gasteiger partial charge >= 0.3 is 7.60 Å². The molecule has 0 radical (unpaired) electrons. The van der Waals surface area contributed by atoms with E-state index in [0.717, 1.165) is 6.04 Å². The van der Waals surface area contributed by atoms with Crippen LogP contribution in [0.5, 0.6) is 0 Å². The summed E-state index contributed by atoms with van der Waals surface area (Å²) in [5.74, 6) is 0. The first-order valence-electron chi connectivity index (χ1n) is 5.86. The molecule has 1 unspecified atom stereocenters. The molecule has 0 spiro atoms. The topological polar surface area (TPSA) is 84.9 Å². The number of hydrogen-bond donors (Lipinski definition) is 0. The molecule has 0 heterocycles. The Kier molecular flexibility index (Phi) is 7.59. The molecule has 0 aliphatic carbocycles. The summed E-state index contributed by atoms with van der Waals surface area (Å²) in [5, 5.41) is 10.3. The molecule has 1 atom stereocenters. The van der Waals surface area contributed by atoms with E-state index < -0.39 is 27.5 Å². The SMILES string of the molecule is COP(=O)(OC)C(C=CC[Si](C)(C)C)COC(=O)[O-]. The Morgan fingerprint density at radius 2 is 1.84 bits per heavy atom. The first kappa shape index (κ1) is 18.4. The van der Waals surface area contributed by atoms with Gasteiger partial charge in [-0.15, -0.1) is 0 Å². The van der Waals surface area contributed by atoms with E-state index in [1.807, 2.05) is 6.08 Å². The maximum Gasteiger partial charge on any atom is 0.338 e. The molecule has 0 aliphatic heterocycles. The monoisotopic (exact) mass is 309 g/mol. The first-order valence-corrected chi connectivity index (χ1v) is 11.2. The summed E-state index contributed by atoms with van der Waals surface area (Å²) in [6.45, 7) is 6.26. The summed E-state index contributed by atoms with van der Waals surface area (Å²) >= 11 is 0. The molecule has 0 bridgehead atoms. The average Bonchev–Trinajstić information content (AvgIpc) is 2.30. The van der Waals surface area contributed by atoms with Gasteiger partial charge in [-0.2, -0.15) is 0 Å². The van der Waals surface area contributed by atoms with Gasteiger partial charge in [-0.3, -0.25) is 4.57 Å². The van der Waals surface area contributed by atoms with Crippen LogP contribution in [0.2, 0.25) is 25.7 Å². The lowest BCUT2D eigenvalue weighted by Gasteiger charge is -2.23. The molecule has 6 nitrogen and oxygen atoms in total. The standard InChI is InChI=1S/C11H23O6PSi/c1-15-18(14,16-2)10(9-17-11(12)13)7-6-8-19(3,4)5/h6-7,10H,8-9H2,1-5H3,(H,12,13)/p-1. The fourth-order valence-electron chi connectivity index (χ4n) is 1.33. The molecule has 0 rings (SSSR count). The highest BCUT2D eigenvalue weighted by Crippen LogP contribution is 2.52. The van der Waals surface area contributed by atoms with Crippen molar-refractivity contribution < 1.29 is 28.3 Å². The summed E-state index contributed by atoms with van der Waals surface area (Å²) in [7, 11) is -2.19. The van der Waals surface area contributed by atoms with Crippen molar-refractivity contribution in [2.45, 2.75) is 31.3 Å². The fraction of sp³-hybridized carbons (Fsp3) is 0.727. The molecule has 19 heavy (non-hydrogen) atoms. The van der Waals surface area contributed by atoms with Crippen LogP contribution in [-0.4, -0.2) is 40.7 Å². The highest BCUT2D eigenvalue weighted by molar-refractivity contribution is 7.54. The zero-order chi connectivity index (χ0) is 15.1. The molecule has 0 saturated carbocycles. The molecular weight excluding hydrogens is 287 g/mol. The number of carboxylic acid groups (broad SMARTS) is 1. The van der Waals surface area contributed by atoms with E-state index >= 15 is 0 Å². The van der Waals surface area contributed by atoms with Gasteiger partial charge in [0.15, 0.2) is 0 Å². The molecular formula is C11H22O6PSi-. The van der Waals surface area contributed by atoms with Crippen LogP contribution in [0.25, 0.3) is 0 Å². The van der Waals surface area contributed by atoms with Gasteiger partial charge in [0.1, 0.15) is 0 Å². The Labute approximate surface area is 115 Å². The Morgan fingerprint density at radius 3 is 2.21 bits per heavy atom. The summed E-state index contributed by atoms with van der Waals surface area (Å²) in [5.41, 5.74) is -0.767. The molecule has 0 aromatic rings. The van der Waals surface area contributed by atoms with Crippen LogP contribution in [0, 0.1) is 0 Å². The van der Waals surface area contributed by atoms with Crippen molar-refractivity contribution in [1.29, 1.82) is 0 Å². The minimum absolute atomic E-state index is 0.316. The van der Waals surface area contributed by atoms with Crippen LogP contribution in [0.15, 0.2) is 12.2 Å². The van der Waals surface area contributed by atoms with Crippen LogP contribution in [-0.2, 0) is 18.3 Å². The van der Waals surface area contributed by atoms with Crippen LogP contribution < -0.4 is 5.11 Å². The van der Waals surface area contributed by atoms with Crippen molar-refractivity contribution in [3.05, 3.63) is 12.2 Å². The third kappa shape index (κ3) is 7.52. The van der Waals surface area contributed by atoms with Crippen molar-refractivity contribution in [2.75, 3.05) is 20.8 Å². The zero-order valence-corrected chi connectivity index (χ0v) is 13.9. The quantitative estimate of drug-likeness (QED) is 0.295. The second kappa shape index (κ2) is 7.84. The lowest BCUT2D eigenvalue weighted by atomic mass is 10.4. The van der Waals surface area contributed by atoms with Gasteiger partial charge in [-0.25, -0.2) is 0 Å². The van der Waals surface area contributed by atoms with E-state index in [4.69, 9.17) is 9.05 Å². The van der Waals surface area contributed by atoms with Gasteiger partial charge < -0.3 is 23.7 Å². The largest absolute Gasteiger partial charge is 0.548 e. The number of ether oxygens (including phenoxy) is 1. The summed E-state index contributed by atoms with van der Waals surface area (Å²) in [6.07, 6.45) is 1.84. The number of carbonyl (C=O) groups is 1. The Balaban J connectivity index is 4.86. The first-order chi connectivity index (χ1) is 8.64. The molecule has 8 heteroatoms. The fourth-order valence-corrected chi connectivity index (χ4v) is 3.45. The van der Waals surface area contributed by atoms with Gasteiger partial charge in [-0.1, -0.05) is 31.8 Å². The van der Waals surface area contributed by atoms with Crippen LogP contribution in [0.1, 0.15) is 0 Å². The van der Waals surface area contributed by atoms with Gasteiger partial charge in [0.25, 0.3) is 6.16 Å². The van der Waals surface area contributed by atoms with Crippen molar-refractivity contribution in [2.24, 2.45) is 0 Å². The molecule has 112 valence electrons. The smallest absolute Gasteiger partial charge is 0.338 e. The van der Waals surface area contributed by atoms with E-state index in [1.165, 1.54) is 14.2 Å². The van der Waals surface area contributed by atoms with E-state index in [2.05, 4.69) is 24.4 Å². The summed E-state index contributed by atoms with van der Waals surface area (Å²) in [6, 6.07) is 0.877. The van der Waals surface area contributed by atoms with E-state index in [-0.39, 0.29) is 6.61 Å². The van der Waals surface area contributed by atoms with Gasteiger partial charge in [0.2, 0.25) is 0 Å².